The van der Waals surface area contributed by atoms with Gasteiger partial charge < -0.3 is 0 Å². The standard InChI is InChI=1S/C12H10Cl4/c13-11(14)7-5-9-1-2-10(4-3-9)6-8-12(15)16/h1-4,7-8H,5-6H2. The van der Waals surface area contributed by atoms with Crippen LogP contribution in [-0.2, 0) is 12.8 Å². The molecular weight excluding hydrogens is 286 g/mol. The zero-order valence-electron chi connectivity index (χ0n) is 8.39. The molecule has 0 radical (unpaired) electrons. The highest BCUT2D eigenvalue weighted by atomic mass is 35.5. The molecule has 0 saturated heterocycles. The smallest absolute Gasteiger partial charge is 0.0712 e. The number of benzene rings is 1. The molecule has 86 valence electrons. The molecule has 0 unspecified atom stereocenters. The highest BCUT2D eigenvalue weighted by molar-refractivity contribution is 6.56. The zero-order chi connectivity index (χ0) is 12.0. The van der Waals surface area contributed by atoms with Gasteiger partial charge in [0, 0.05) is 0 Å². The van der Waals surface area contributed by atoms with Crippen molar-refractivity contribution in [1.82, 2.24) is 0 Å². The van der Waals surface area contributed by atoms with Crippen molar-refractivity contribution < 1.29 is 0 Å². The van der Waals surface area contributed by atoms with Crippen molar-refractivity contribution in [3.63, 3.8) is 0 Å². The van der Waals surface area contributed by atoms with Crippen LogP contribution in [0.15, 0.2) is 45.4 Å². The fraction of sp³-hybridized carbons (Fsp3) is 0.167. The molecule has 0 atom stereocenters. The lowest BCUT2D eigenvalue weighted by Crippen LogP contribution is -1.84. The first-order chi connectivity index (χ1) is 7.58. The minimum Gasteiger partial charge on any atom is -0.0712 e. The lowest BCUT2D eigenvalue weighted by molar-refractivity contribution is 1.22. The summed E-state index contributed by atoms with van der Waals surface area (Å²) in [4.78, 5) is 0. The number of rotatable bonds is 4. The Morgan fingerprint density at radius 3 is 1.31 bits per heavy atom. The van der Waals surface area contributed by atoms with E-state index in [9.17, 15) is 0 Å². The van der Waals surface area contributed by atoms with E-state index in [2.05, 4.69) is 0 Å². The first-order valence-corrected chi connectivity index (χ1v) is 6.19. The average molecular weight is 296 g/mol. The molecule has 0 aliphatic carbocycles. The largest absolute Gasteiger partial charge is 0.103 e. The van der Waals surface area contributed by atoms with E-state index in [-0.39, 0.29) is 0 Å². The topological polar surface area (TPSA) is 0 Å². The van der Waals surface area contributed by atoms with Gasteiger partial charge in [-0.2, -0.15) is 0 Å². The normalized spacial score (nSPS) is 9.75. The van der Waals surface area contributed by atoms with Crippen molar-refractivity contribution >= 4 is 46.4 Å². The Morgan fingerprint density at radius 1 is 0.750 bits per heavy atom. The number of hydrogen-bond donors (Lipinski definition) is 0. The molecule has 1 aromatic carbocycles. The highest BCUT2D eigenvalue weighted by Crippen LogP contribution is 2.13. The van der Waals surface area contributed by atoms with Gasteiger partial charge in [-0.15, -0.1) is 0 Å². The molecule has 0 aliphatic rings. The molecule has 0 fully saturated rings. The predicted molar refractivity (Wildman–Crippen MR) is 73.4 cm³/mol. The van der Waals surface area contributed by atoms with E-state index in [0.29, 0.717) is 8.98 Å². The molecule has 0 bridgehead atoms. The number of halogens is 4. The van der Waals surface area contributed by atoms with Crippen LogP contribution < -0.4 is 0 Å². The monoisotopic (exact) mass is 294 g/mol. The summed E-state index contributed by atoms with van der Waals surface area (Å²) in [6, 6.07) is 8.11. The lowest BCUT2D eigenvalue weighted by Gasteiger charge is -1.99. The van der Waals surface area contributed by atoms with Crippen LogP contribution in [0.3, 0.4) is 0 Å². The van der Waals surface area contributed by atoms with E-state index in [1.165, 1.54) is 0 Å². The van der Waals surface area contributed by atoms with Gasteiger partial charge in [0.1, 0.15) is 8.98 Å². The Hall–Kier alpha value is -0.140. The Morgan fingerprint density at radius 2 is 1.06 bits per heavy atom. The zero-order valence-corrected chi connectivity index (χ0v) is 11.4. The third-order valence-corrected chi connectivity index (χ3v) is 2.62. The third-order valence-electron chi connectivity index (χ3n) is 2.01. The van der Waals surface area contributed by atoms with Crippen molar-refractivity contribution in [2.45, 2.75) is 12.8 Å². The summed E-state index contributed by atoms with van der Waals surface area (Å²) >= 11 is 22.1. The van der Waals surface area contributed by atoms with E-state index in [4.69, 9.17) is 46.4 Å². The molecule has 0 aliphatic heterocycles. The van der Waals surface area contributed by atoms with Gasteiger partial charge in [-0.25, -0.2) is 0 Å². The van der Waals surface area contributed by atoms with Crippen molar-refractivity contribution in [3.8, 4) is 0 Å². The Balaban J connectivity index is 2.61. The van der Waals surface area contributed by atoms with E-state index in [0.717, 1.165) is 24.0 Å². The van der Waals surface area contributed by atoms with Crippen LogP contribution in [0.1, 0.15) is 11.1 Å². The minimum absolute atomic E-state index is 0.293. The summed E-state index contributed by atoms with van der Waals surface area (Å²) in [5.41, 5.74) is 2.31. The fourth-order valence-electron chi connectivity index (χ4n) is 1.20. The van der Waals surface area contributed by atoms with Crippen LogP contribution in [0.4, 0.5) is 0 Å². The Bertz CT molecular complexity index is 343. The molecule has 16 heavy (non-hydrogen) atoms. The van der Waals surface area contributed by atoms with Gasteiger partial charge in [-0.05, 0) is 36.1 Å². The van der Waals surface area contributed by atoms with E-state index >= 15 is 0 Å². The van der Waals surface area contributed by atoms with Crippen LogP contribution in [0.2, 0.25) is 0 Å². The van der Waals surface area contributed by atoms with Gasteiger partial charge in [0.15, 0.2) is 0 Å². The summed E-state index contributed by atoms with van der Waals surface area (Å²) in [5.74, 6) is 0. The van der Waals surface area contributed by atoms with Crippen LogP contribution in [0.25, 0.3) is 0 Å². The van der Waals surface area contributed by atoms with E-state index < -0.39 is 0 Å². The average Bonchev–Trinajstić information content (AvgIpc) is 2.25. The predicted octanol–water partition coefficient (Wildman–Crippen LogP) is 5.41. The van der Waals surface area contributed by atoms with Gasteiger partial charge in [-0.3, -0.25) is 0 Å². The second kappa shape index (κ2) is 7.24. The van der Waals surface area contributed by atoms with Crippen molar-refractivity contribution in [2.24, 2.45) is 0 Å². The van der Waals surface area contributed by atoms with Crippen molar-refractivity contribution in [1.29, 1.82) is 0 Å². The van der Waals surface area contributed by atoms with Crippen LogP contribution >= 0.6 is 46.4 Å². The molecule has 0 aromatic heterocycles. The molecule has 0 spiro atoms. The van der Waals surface area contributed by atoms with Crippen molar-refractivity contribution in [2.75, 3.05) is 0 Å². The number of hydrogen-bond acceptors (Lipinski definition) is 0. The molecule has 4 heteroatoms. The van der Waals surface area contributed by atoms with Gasteiger partial charge in [0.25, 0.3) is 0 Å². The van der Waals surface area contributed by atoms with Gasteiger partial charge in [-0.1, -0.05) is 70.7 Å². The number of allylic oxidation sites excluding steroid dienone is 2. The van der Waals surface area contributed by atoms with Crippen LogP contribution in [0.5, 0.6) is 0 Å². The van der Waals surface area contributed by atoms with Gasteiger partial charge in [0.05, 0.1) is 0 Å². The fourth-order valence-corrected chi connectivity index (χ4v) is 1.51. The van der Waals surface area contributed by atoms with E-state index in [1.807, 2.05) is 24.3 Å². The molecule has 0 nitrogen and oxygen atoms in total. The maximum Gasteiger partial charge on any atom is 0.103 e. The van der Waals surface area contributed by atoms with Crippen molar-refractivity contribution in [3.05, 3.63) is 56.5 Å². The summed E-state index contributed by atoms with van der Waals surface area (Å²) in [7, 11) is 0. The minimum atomic E-state index is 0.293. The Kier molecular flexibility index (Phi) is 6.30. The first-order valence-electron chi connectivity index (χ1n) is 4.68. The summed E-state index contributed by atoms with van der Waals surface area (Å²) in [5, 5.41) is 0. The van der Waals surface area contributed by atoms with Gasteiger partial charge >= 0.3 is 0 Å². The first kappa shape index (κ1) is 13.9. The maximum atomic E-state index is 5.53. The lowest BCUT2D eigenvalue weighted by atomic mass is 10.1. The summed E-state index contributed by atoms with van der Waals surface area (Å²) in [6.07, 6.45) is 4.98. The third kappa shape index (κ3) is 5.81. The summed E-state index contributed by atoms with van der Waals surface area (Å²) in [6.45, 7) is 0. The SMILES string of the molecule is ClC(Cl)=CCc1ccc(CC=C(Cl)Cl)cc1. The van der Waals surface area contributed by atoms with Crippen LogP contribution in [0, 0.1) is 0 Å². The van der Waals surface area contributed by atoms with Crippen LogP contribution in [-0.4, -0.2) is 0 Å². The molecule has 1 rings (SSSR count). The van der Waals surface area contributed by atoms with Gasteiger partial charge in [0.2, 0.25) is 0 Å². The maximum absolute atomic E-state index is 5.53. The van der Waals surface area contributed by atoms with E-state index in [1.54, 1.807) is 12.2 Å². The Labute approximate surface area is 115 Å². The molecule has 0 N–H and O–H groups in total. The second-order valence-electron chi connectivity index (χ2n) is 3.21. The molecule has 0 heterocycles. The quantitative estimate of drug-likeness (QED) is 0.697. The highest BCUT2D eigenvalue weighted by Gasteiger charge is 1.94. The second-order valence-corrected chi connectivity index (χ2v) is 5.23. The molecule has 1 aromatic rings. The summed E-state index contributed by atoms with van der Waals surface area (Å²) < 4.78 is 0.585. The molecular formula is C12H10Cl4. The molecule has 0 amide bonds. The molecule has 0 saturated carbocycles.